The first kappa shape index (κ1) is 16.9. The van der Waals surface area contributed by atoms with Gasteiger partial charge < -0.3 is 10.1 Å². The molecule has 26 heavy (non-hydrogen) atoms. The molecule has 0 aliphatic carbocycles. The second-order valence-electron chi connectivity index (χ2n) is 6.63. The van der Waals surface area contributed by atoms with Crippen molar-refractivity contribution in [2.45, 2.75) is 19.1 Å². The lowest BCUT2D eigenvalue weighted by molar-refractivity contribution is 0.0904. The van der Waals surface area contributed by atoms with Crippen molar-refractivity contribution >= 4 is 0 Å². The summed E-state index contributed by atoms with van der Waals surface area (Å²) in [5, 5.41) is 10.5. The van der Waals surface area contributed by atoms with Crippen LogP contribution < -0.4 is 5.32 Å². The van der Waals surface area contributed by atoms with Gasteiger partial charge in [0, 0.05) is 36.7 Å². The van der Waals surface area contributed by atoms with Crippen molar-refractivity contribution in [2.75, 3.05) is 13.2 Å². The number of H-pyrrole nitrogens is 1. The third-order valence-corrected chi connectivity index (χ3v) is 4.93. The molecule has 0 amide bonds. The predicted octanol–water partition coefficient (Wildman–Crippen LogP) is 4.08. The zero-order valence-corrected chi connectivity index (χ0v) is 14.5. The van der Waals surface area contributed by atoms with Crippen molar-refractivity contribution in [1.29, 1.82) is 0 Å². The van der Waals surface area contributed by atoms with Gasteiger partial charge in [0.25, 0.3) is 0 Å². The van der Waals surface area contributed by atoms with Gasteiger partial charge in [-0.2, -0.15) is 5.10 Å². The number of rotatable bonds is 6. The van der Waals surface area contributed by atoms with Gasteiger partial charge in [-0.3, -0.25) is 5.10 Å². The summed E-state index contributed by atoms with van der Waals surface area (Å²) in [6.45, 7) is 2.28. The minimum absolute atomic E-state index is 0.138. The Balaban J connectivity index is 1.40. The zero-order valence-electron chi connectivity index (χ0n) is 14.5. The molecule has 2 N–H and O–H groups in total. The molecule has 0 bridgehead atoms. The summed E-state index contributed by atoms with van der Waals surface area (Å²) in [7, 11) is 0. The molecule has 134 valence electrons. The molecule has 2 atom stereocenters. The molecule has 4 rings (SSSR count). The summed E-state index contributed by atoms with van der Waals surface area (Å²) < 4.78 is 20.0. The third-order valence-electron chi connectivity index (χ3n) is 4.93. The van der Waals surface area contributed by atoms with E-state index in [9.17, 15) is 4.39 Å². The van der Waals surface area contributed by atoms with Crippen molar-refractivity contribution in [3.8, 4) is 11.3 Å². The van der Waals surface area contributed by atoms with E-state index in [0.717, 1.165) is 30.8 Å². The van der Waals surface area contributed by atoms with Gasteiger partial charge in [0.05, 0.1) is 18.0 Å². The van der Waals surface area contributed by atoms with Gasteiger partial charge in [0.1, 0.15) is 5.82 Å². The third kappa shape index (κ3) is 3.54. The van der Waals surface area contributed by atoms with Crippen LogP contribution in [0.2, 0.25) is 0 Å². The number of aromatic nitrogens is 2. The second kappa shape index (κ2) is 7.81. The number of hydrogen-bond donors (Lipinski definition) is 2. The van der Waals surface area contributed by atoms with Crippen molar-refractivity contribution in [2.24, 2.45) is 5.92 Å². The number of nitrogens with one attached hydrogen (secondary N) is 2. The molecule has 5 heteroatoms. The fraction of sp³-hybridized carbons (Fsp3) is 0.286. The molecule has 0 spiro atoms. The highest BCUT2D eigenvalue weighted by Crippen LogP contribution is 2.34. The SMILES string of the molecule is Fc1ccccc1-c1[nH]ncc1CNC[C@@H]1CCO[C@H]1c1ccccc1. The van der Waals surface area contributed by atoms with Crippen molar-refractivity contribution in [1.82, 2.24) is 15.5 Å². The Kier molecular flexibility index (Phi) is 5.09. The Bertz CT molecular complexity index is 849. The van der Waals surface area contributed by atoms with Crippen LogP contribution in [0.3, 0.4) is 0 Å². The maximum absolute atomic E-state index is 14.1. The van der Waals surface area contributed by atoms with E-state index in [-0.39, 0.29) is 11.9 Å². The van der Waals surface area contributed by atoms with E-state index in [2.05, 4.69) is 27.6 Å². The van der Waals surface area contributed by atoms with E-state index in [0.29, 0.717) is 18.0 Å². The van der Waals surface area contributed by atoms with E-state index >= 15 is 0 Å². The predicted molar refractivity (Wildman–Crippen MR) is 98.9 cm³/mol. The van der Waals surface area contributed by atoms with Crippen LogP contribution in [0.1, 0.15) is 23.7 Å². The fourth-order valence-electron chi connectivity index (χ4n) is 3.59. The Morgan fingerprint density at radius 2 is 1.92 bits per heavy atom. The van der Waals surface area contributed by atoms with E-state index in [1.807, 2.05) is 24.3 Å². The Morgan fingerprint density at radius 3 is 2.77 bits per heavy atom. The van der Waals surface area contributed by atoms with Gasteiger partial charge in [-0.15, -0.1) is 0 Å². The largest absolute Gasteiger partial charge is 0.373 e. The number of halogens is 1. The Morgan fingerprint density at radius 1 is 1.12 bits per heavy atom. The summed E-state index contributed by atoms with van der Waals surface area (Å²) in [6.07, 6.45) is 2.94. The van der Waals surface area contributed by atoms with E-state index in [1.165, 1.54) is 11.6 Å². The van der Waals surface area contributed by atoms with Crippen LogP contribution in [0.15, 0.2) is 60.8 Å². The van der Waals surface area contributed by atoms with Crippen LogP contribution in [0.4, 0.5) is 4.39 Å². The maximum atomic E-state index is 14.1. The van der Waals surface area contributed by atoms with Crippen molar-refractivity contribution in [3.05, 3.63) is 77.7 Å². The van der Waals surface area contributed by atoms with E-state index < -0.39 is 0 Å². The molecule has 2 heterocycles. The van der Waals surface area contributed by atoms with Crippen molar-refractivity contribution in [3.63, 3.8) is 0 Å². The first-order valence-electron chi connectivity index (χ1n) is 8.97. The molecule has 2 aromatic carbocycles. The number of benzene rings is 2. The highest BCUT2D eigenvalue weighted by molar-refractivity contribution is 5.63. The molecule has 1 saturated heterocycles. The first-order chi connectivity index (χ1) is 12.8. The molecular weight excluding hydrogens is 329 g/mol. The summed E-state index contributed by atoms with van der Waals surface area (Å²) >= 11 is 0. The highest BCUT2D eigenvalue weighted by atomic mass is 19.1. The molecule has 0 unspecified atom stereocenters. The minimum atomic E-state index is -0.244. The summed E-state index contributed by atoms with van der Waals surface area (Å²) in [6, 6.07) is 17.1. The van der Waals surface area contributed by atoms with Gasteiger partial charge in [-0.05, 0) is 24.1 Å². The van der Waals surface area contributed by atoms with Gasteiger partial charge in [0.2, 0.25) is 0 Å². The molecule has 0 radical (unpaired) electrons. The van der Waals surface area contributed by atoms with Gasteiger partial charge in [-0.25, -0.2) is 4.39 Å². The number of nitrogens with zero attached hydrogens (tertiary/aromatic N) is 1. The molecule has 1 aliphatic heterocycles. The van der Waals surface area contributed by atoms with Gasteiger partial charge in [-0.1, -0.05) is 42.5 Å². The normalized spacial score (nSPS) is 19.7. The molecule has 0 saturated carbocycles. The quantitative estimate of drug-likeness (QED) is 0.703. The van der Waals surface area contributed by atoms with Crippen LogP contribution in [0.25, 0.3) is 11.3 Å². The molecule has 3 aromatic rings. The van der Waals surface area contributed by atoms with Crippen LogP contribution in [0, 0.1) is 11.7 Å². The number of hydrogen-bond acceptors (Lipinski definition) is 3. The molecule has 1 fully saturated rings. The average Bonchev–Trinajstić information content (AvgIpc) is 3.33. The van der Waals surface area contributed by atoms with E-state index in [1.54, 1.807) is 18.3 Å². The van der Waals surface area contributed by atoms with Crippen LogP contribution >= 0.6 is 0 Å². The van der Waals surface area contributed by atoms with Gasteiger partial charge >= 0.3 is 0 Å². The number of aromatic amines is 1. The molecule has 4 nitrogen and oxygen atoms in total. The lowest BCUT2D eigenvalue weighted by Crippen LogP contribution is -2.24. The average molecular weight is 351 g/mol. The fourth-order valence-corrected chi connectivity index (χ4v) is 3.59. The van der Waals surface area contributed by atoms with Crippen LogP contribution in [-0.2, 0) is 11.3 Å². The van der Waals surface area contributed by atoms with Crippen molar-refractivity contribution < 1.29 is 9.13 Å². The lowest BCUT2D eigenvalue weighted by atomic mass is 9.95. The van der Waals surface area contributed by atoms with E-state index in [4.69, 9.17) is 4.74 Å². The first-order valence-corrected chi connectivity index (χ1v) is 8.97. The Labute approximate surface area is 152 Å². The maximum Gasteiger partial charge on any atom is 0.132 e. The summed E-state index contributed by atoms with van der Waals surface area (Å²) in [5.74, 6) is 0.188. The zero-order chi connectivity index (χ0) is 17.8. The smallest absolute Gasteiger partial charge is 0.132 e. The minimum Gasteiger partial charge on any atom is -0.373 e. The monoisotopic (exact) mass is 351 g/mol. The van der Waals surface area contributed by atoms with Gasteiger partial charge in [0.15, 0.2) is 0 Å². The molecule has 1 aromatic heterocycles. The number of ether oxygens (including phenoxy) is 1. The highest BCUT2D eigenvalue weighted by Gasteiger charge is 2.29. The summed E-state index contributed by atoms with van der Waals surface area (Å²) in [4.78, 5) is 0. The molecule has 1 aliphatic rings. The topological polar surface area (TPSA) is 49.9 Å². The lowest BCUT2D eigenvalue weighted by Gasteiger charge is -2.19. The van der Waals surface area contributed by atoms with Crippen LogP contribution in [0.5, 0.6) is 0 Å². The van der Waals surface area contributed by atoms with Crippen LogP contribution in [-0.4, -0.2) is 23.3 Å². The second-order valence-corrected chi connectivity index (χ2v) is 6.63. The summed E-state index contributed by atoms with van der Waals surface area (Å²) in [5.41, 5.74) is 3.48. The molecular formula is C21H22FN3O. The standard InChI is InChI=1S/C21H22FN3O/c22-19-9-5-4-8-18(19)20-17(14-24-25-20)13-23-12-16-10-11-26-21(16)15-6-2-1-3-7-15/h1-9,14,16,21,23H,10-13H2,(H,24,25)/t16-,21-/m0/s1. The Hall–Kier alpha value is -2.50.